The Labute approximate surface area is 53.2 Å². The van der Waals surface area contributed by atoms with Crippen LogP contribution in [0.2, 0.25) is 0 Å². The SMILES string of the molecule is NC([O])c1ccccn1. The predicted molar refractivity (Wildman–Crippen MR) is 31.9 cm³/mol. The summed E-state index contributed by atoms with van der Waals surface area (Å²) in [6, 6.07) is 5.09. The van der Waals surface area contributed by atoms with Gasteiger partial charge in [0.2, 0.25) is 0 Å². The van der Waals surface area contributed by atoms with Gasteiger partial charge in [-0.1, -0.05) is 6.07 Å². The van der Waals surface area contributed by atoms with Gasteiger partial charge in [0.15, 0.2) is 6.23 Å². The highest BCUT2D eigenvalue weighted by Gasteiger charge is 2.00. The van der Waals surface area contributed by atoms with Crippen molar-refractivity contribution in [2.24, 2.45) is 5.73 Å². The number of nitrogens with zero attached hydrogens (tertiary/aromatic N) is 1. The van der Waals surface area contributed by atoms with Crippen LogP contribution in [0, 0.1) is 0 Å². The number of hydrogen-bond donors (Lipinski definition) is 1. The van der Waals surface area contributed by atoms with Crippen molar-refractivity contribution in [1.82, 2.24) is 4.98 Å². The van der Waals surface area contributed by atoms with Crippen molar-refractivity contribution in [1.29, 1.82) is 0 Å². The van der Waals surface area contributed by atoms with Crippen LogP contribution in [0.5, 0.6) is 0 Å². The Morgan fingerprint density at radius 1 is 1.56 bits per heavy atom. The van der Waals surface area contributed by atoms with Crippen molar-refractivity contribution < 1.29 is 5.11 Å². The summed E-state index contributed by atoms with van der Waals surface area (Å²) >= 11 is 0. The first-order chi connectivity index (χ1) is 4.30. The Hall–Kier alpha value is -0.930. The van der Waals surface area contributed by atoms with Gasteiger partial charge < -0.3 is 0 Å². The van der Waals surface area contributed by atoms with Crippen molar-refractivity contribution in [2.45, 2.75) is 6.23 Å². The first-order valence-corrected chi connectivity index (χ1v) is 2.63. The van der Waals surface area contributed by atoms with Gasteiger partial charge in [-0.25, -0.2) is 5.11 Å². The second kappa shape index (κ2) is 2.57. The molecule has 0 spiro atoms. The Morgan fingerprint density at radius 3 is 2.67 bits per heavy atom. The Balaban J connectivity index is 2.85. The number of nitrogens with two attached hydrogens (primary N) is 1. The third kappa shape index (κ3) is 1.48. The monoisotopic (exact) mass is 123 g/mol. The average Bonchev–Trinajstić information content (AvgIpc) is 1.90. The lowest BCUT2D eigenvalue weighted by molar-refractivity contribution is 0.0915. The van der Waals surface area contributed by atoms with Gasteiger partial charge >= 0.3 is 0 Å². The highest BCUT2D eigenvalue weighted by atomic mass is 16.3. The molecular formula is C6H7N2O. The molecule has 0 aliphatic carbocycles. The molecule has 1 radical (unpaired) electrons. The Bertz CT molecular complexity index is 174. The van der Waals surface area contributed by atoms with Crippen molar-refractivity contribution in [3.05, 3.63) is 30.1 Å². The largest absolute Gasteiger partial charge is 0.298 e. The number of rotatable bonds is 1. The smallest absolute Gasteiger partial charge is 0.184 e. The molecule has 1 atom stereocenters. The van der Waals surface area contributed by atoms with Gasteiger partial charge in [-0.15, -0.1) is 0 Å². The Morgan fingerprint density at radius 2 is 2.33 bits per heavy atom. The maximum atomic E-state index is 10.4. The molecular weight excluding hydrogens is 116 g/mol. The topological polar surface area (TPSA) is 58.8 Å². The zero-order valence-electron chi connectivity index (χ0n) is 4.82. The lowest BCUT2D eigenvalue weighted by Gasteiger charge is -1.97. The van der Waals surface area contributed by atoms with Gasteiger partial charge in [-0.3, -0.25) is 10.7 Å². The van der Waals surface area contributed by atoms with Crippen LogP contribution in [0.4, 0.5) is 0 Å². The van der Waals surface area contributed by atoms with E-state index in [4.69, 9.17) is 5.73 Å². The van der Waals surface area contributed by atoms with Crippen LogP contribution in [0.1, 0.15) is 11.9 Å². The maximum Gasteiger partial charge on any atom is 0.184 e. The molecule has 0 fully saturated rings. The number of aromatic nitrogens is 1. The van der Waals surface area contributed by atoms with Gasteiger partial charge in [-0.2, -0.15) is 0 Å². The van der Waals surface area contributed by atoms with Crippen LogP contribution < -0.4 is 5.73 Å². The van der Waals surface area contributed by atoms with Gasteiger partial charge in [0.1, 0.15) is 0 Å². The summed E-state index contributed by atoms with van der Waals surface area (Å²) in [6.07, 6.45) is 0.346. The van der Waals surface area contributed by atoms with E-state index >= 15 is 0 Å². The van der Waals surface area contributed by atoms with Crippen LogP contribution in [0.25, 0.3) is 0 Å². The molecule has 0 saturated carbocycles. The highest BCUT2D eigenvalue weighted by molar-refractivity contribution is 5.04. The fourth-order valence-corrected chi connectivity index (χ4v) is 0.544. The fourth-order valence-electron chi connectivity index (χ4n) is 0.544. The standard InChI is InChI=1S/C6H7N2O/c7-6(9)5-3-1-2-4-8-5/h1-4,6H,7H2. The summed E-state index contributed by atoms with van der Waals surface area (Å²) in [4.78, 5) is 3.74. The molecule has 3 heteroatoms. The fraction of sp³-hybridized carbons (Fsp3) is 0.167. The van der Waals surface area contributed by atoms with E-state index in [0.717, 1.165) is 0 Å². The molecule has 9 heavy (non-hydrogen) atoms. The van der Waals surface area contributed by atoms with Crippen LogP contribution >= 0.6 is 0 Å². The molecule has 0 aliphatic rings. The normalized spacial score (nSPS) is 13.1. The van der Waals surface area contributed by atoms with Gasteiger partial charge in [0, 0.05) is 6.20 Å². The second-order valence-electron chi connectivity index (χ2n) is 1.68. The molecule has 0 saturated heterocycles. The summed E-state index contributed by atoms with van der Waals surface area (Å²) in [5.74, 6) is 0. The quantitative estimate of drug-likeness (QED) is 0.552. The summed E-state index contributed by atoms with van der Waals surface area (Å²) < 4.78 is 0. The third-order valence-electron chi connectivity index (χ3n) is 0.979. The lowest BCUT2D eigenvalue weighted by atomic mass is 10.3. The van der Waals surface area contributed by atoms with Crippen molar-refractivity contribution in [2.75, 3.05) is 0 Å². The van der Waals surface area contributed by atoms with Gasteiger partial charge in [-0.05, 0) is 12.1 Å². The number of pyridine rings is 1. The van der Waals surface area contributed by atoms with E-state index in [1.165, 1.54) is 0 Å². The van der Waals surface area contributed by atoms with Crippen LogP contribution in [0.15, 0.2) is 24.4 Å². The highest BCUT2D eigenvalue weighted by Crippen LogP contribution is 2.00. The summed E-state index contributed by atoms with van der Waals surface area (Å²) in [7, 11) is 0. The van der Waals surface area contributed by atoms with Gasteiger partial charge in [0.05, 0.1) is 5.69 Å². The Kier molecular flexibility index (Phi) is 1.77. The molecule has 1 unspecified atom stereocenters. The zero-order chi connectivity index (χ0) is 6.69. The molecule has 1 heterocycles. The van der Waals surface area contributed by atoms with E-state index < -0.39 is 6.23 Å². The molecule has 2 N–H and O–H groups in total. The minimum absolute atomic E-state index is 0.387. The van der Waals surface area contributed by atoms with E-state index in [1.54, 1.807) is 24.4 Å². The van der Waals surface area contributed by atoms with Crippen LogP contribution in [0.3, 0.4) is 0 Å². The number of hydrogen-bond acceptors (Lipinski definition) is 2. The first kappa shape index (κ1) is 6.19. The van der Waals surface area contributed by atoms with Crippen molar-refractivity contribution in [3.8, 4) is 0 Å². The van der Waals surface area contributed by atoms with E-state index in [-0.39, 0.29) is 0 Å². The van der Waals surface area contributed by atoms with Crippen LogP contribution in [-0.4, -0.2) is 4.98 Å². The molecule has 0 bridgehead atoms. The second-order valence-corrected chi connectivity index (χ2v) is 1.68. The molecule has 0 amide bonds. The first-order valence-electron chi connectivity index (χ1n) is 2.63. The van der Waals surface area contributed by atoms with E-state index in [0.29, 0.717) is 5.69 Å². The molecule has 47 valence electrons. The molecule has 1 aromatic heterocycles. The molecule has 0 aliphatic heterocycles. The van der Waals surface area contributed by atoms with Crippen molar-refractivity contribution >= 4 is 0 Å². The molecule has 3 nitrogen and oxygen atoms in total. The lowest BCUT2D eigenvalue weighted by Crippen LogP contribution is -2.08. The molecule has 1 aromatic rings. The minimum atomic E-state index is -1.20. The molecule has 0 aromatic carbocycles. The predicted octanol–water partition coefficient (Wildman–Crippen LogP) is 0.469. The van der Waals surface area contributed by atoms with Crippen molar-refractivity contribution in [3.63, 3.8) is 0 Å². The van der Waals surface area contributed by atoms with Crippen LogP contribution in [-0.2, 0) is 5.11 Å². The van der Waals surface area contributed by atoms with E-state index in [1.807, 2.05) is 0 Å². The molecule has 1 rings (SSSR count). The maximum absolute atomic E-state index is 10.4. The zero-order valence-corrected chi connectivity index (χ0v) is 4.82. The third-order valence-corrected chi connectivity index (χ3v) is 0.979. The van der Waals surface area contributed by atoms with E-state index in [9.17, 15) is 5.11 Å². The van der Waals surface area contributed by atoms with E-state index in [2.05, 4.69) is 4.98 Å². The summed E-state index contributed by atoms with van der Waals surface area (Å²) in [5.41, 5.74) is 5.38. The summed E-state index contributed by atoms with van der Waals surface area (Å²) in [5, 5.41) is 10.4. The average molecular weight is 123 g/mol. The van der Waals surface area contributed by atoms with Gasteiger partial charge in [0.25, 0.3) is 0 Å². The summed E-state index contributed by atoms with van der Waals surface area (Å²) in [6.45, 7) is 0. The minimum Gasteiger partial charge on any atom is -0.298 e.